The minimum atomic E-state index is 0.0455. The summed E-state index contributed by atoms with van der Waals surface area (Å²) < 4.78 is 0. The first kappa shape index (κ1) is 20.3. The first-order valence-electron chi connectivity index (χ1n) is 10.0. The summed E-state index contributed by atoms with van der Waals surface area (Å²) in [6.45, 7) is 8.57. The summed E-state index contributed by atoms with van der Waals surface area (Å²) in [5.41, 5.74) is 4.51. The molecule has 28 heavy (non-hydrogen) atoms. The van der Waals surface area contributed by atoms with Gasteiger partial charge in [0.15, 0.2) is 11.6 Å². The third-order valence-electron chi connectivity index (χ3n) is 5.28. The van der Waals surface area contributed by atoms with Gasteiger partial charge in [-0.25, -0.2) is 0 Å². The number of ketones is 2. The second-order valence-corrected chi connectivity index (χ2v) is 9.74. The van der Waals surface area contributed by atoms with E-state index in [1.54, 1.807) is 12.2 Å². The molecule has 2 nitrogen and oxygen atoms in total. The van der Waals surface area contributed by atoms with Gasteiger partial charge in [-0.2, -0.15) is 0 Å². The average molecular weight is 375 g/mol. The lowest BCUT2D eigenvalue weighted by atomic mass is 9.76. The Morgan fingerprint density at radius 1 is 0.607 bits per heavy atom. The molecule has 0 unspecified atom stereocenters. The van der Waals surface area contributed by atoms with Gasteiger partial charge in [-0.05, 0) is 58.1 Å². The minimum Gasteiger partial charge on any atom is -0.295 e. The zero-order valence-electron chi connectivity index (χ0n) is 17.4. The average Bonchev–Trinajstić information content (AvgIpc) is 2.55. The Bertz CT molecular complexity index is 812. The van der Waals surface area contributed by atoms with Crippen molar-refractivity contribution < 1.29 is 9.59 Å². The molecule has 0 fully saturated rings. The molecule has 0 amide bonds. The molecular formula is C26H30O2. The Kier molecular flexibility index (Phi) is 5.69. The van der Waals surface area contributed by atoms with Gasteiger partial charge in [0.2, 0.25) is 0 Å². The second-order valence-electron chi connectivity index (χ2n) is 9.74. The Hall–Kier alpha value is -2.48. The van der Waals surface area contributed by atoms with Gasteiger partial charge in [0.1, 0.15) is 0 Å². The maximum Gasteiger partial charge on any atom is 0.156 e. The molecule has 2 heteroatoms. The quantitative estimate of drug-likeness (QED) is 0.616. The molecule has 0 N–H and O–H groups in total. The maximum atomic E-state index is 11.9. The molecule has 0 atom stereocenters. The molecule has 0 saturated carbocycles. The Labute approximate surface area is 168 Å². The first-order chi connectivity index (χ1) is 13.1. The van der Waals surface area contributed by atoms with Gasteiger partial charge in [-0.3, -0.25) is 9.59 Å². The summed E-state index contributed by atoms with van der Waals surface area (Å²) in [5.74, 6) is 0.435. The Morgan fingerprint density at radius 2 is 0.964 bits per heavy atom. The molecule has 2 aliphatic rings. The summed E-state index contributed by atoms with van der Waals surface area (Å²) in [6, 6.07) is 8.32. The third kappa shape index (κ3) is 5.76. The predicted molar refractivity (Wildman–Crippen MR) is 117 cm³/mol. The molecule has 146 valence electrons. The molecule has 0 radical (unpaired) electrons. The van der Waals surface area contributed by atoms with Crippen molar-refractivity contribution in [3.63, 3.8) is 0 Å². The van der Waals surface area contributed by atoms with E-state index in [1.807, 2.05) is 0 Å². The van der Waals surface area contributed by atoms with Gasteiger partial charge in [0.25, 0.3) is 0 Å². The standard InChI is InChI=1S/C26H30O2/c1-25(2)15-21(13-23(27)17-25)11-9-19-5-7-20(8-6-19)10-12-22-14-24(28)18-26(3,4)16-22/h5-14H,15-18H2,1-4H3. The monoisotopic (exact) mass is 374 g/mol. The lowest BCUT2D eigenvalue weighted by molar-refractivity contribution is -0.117. The Balaban J connectivity index is 1.66. The van der Waals surface area contributed by atoms with Gasteiger partial charge >= 0.3 is 0 Å². The van der Waals surface area contributed by atoms with E-state index in [0.29, 0.717) is 12.8 Å². The fourth-order valence-corrected chi connectivity index (χ4v) is 4.13. The maximum absolute atomic E-state index is 11.9. The number of hydrogen-bond acceptors (Lipinski definition) is 2. The lowest BCUT2D eigenvalue weighted by Gasteiger charge is -2.27. The van der Waals surface area contributed by atoms with E-state index in [1.165, 1.54) is 0 Å². The highest BCUT2D eigenvalue weighted by Crippen LogP contribution is 2.35. The second kappa shape index (κ2) is 7.87. The molecule has 3 rings (SSSR count). The molecule has 0 saturated heterocycles. The topological polar surface area (TPSA) is 34.1 Å². The van der Waals surface area contributed by atoms with Crippen LogP contribution in [0, 0.1) is 10.8 Å². The Morgan fingerprint density at radius 3 is 1.29 bits per heavy atom. The van der Waals surface area contributed by atoms with E-state index in [2.05, 4.69) is 76.3 Å². The van der Waals surface area contributed by atoms with E-state index in [0.717, 1.165) is 35.1 Å². The van der Waals surface area contributed by atoms with E-state index in [9.17, 15) is 9.59 Å². The van der Waals surface area contributed by atoms with E-state index in [-0.39, 0.29) is 22.4 Å². The number of benzene rings is 1. The predicted octanol–water partition coefficient (Wildman–Crippen LogP) is 6.34. The van der Waals surface area contributed by atoms with Crippen LogP contribution in [0.25, 0.3) is 12.2 Å². The SMILES string of the molecule is CC1(C)CC(=O)C=C(C=Cc2ccc(C=CC3=CC(=O)CC(C)(C)C3)cc2)C1. The molecule has 0 bridgehead atoms. The summed E-state index contributed by atoms with van der Waals surface area (Å²) >= 11 is 0. The van der Waals surface area contributed by atoms with Crippen molar-refractivity contribution in [2.75, 3.05) is 0 Å². The minimum absolute atomic E-state index is 0.0455. The van der Waals surface area contributed by atoms with Crippen molar-refractivity contribution in [3.05, 3.63) is 70.8 Å². The van der Waals surface area contributed by atoms with Crippen LogP contribution < -0.4 is 0 Å². The molecule has 1 aromatic carbocycles. The van der Waals surface area contributed by atoms with E-state index in [4.69, 9.17) is 0 Å². The van der Waals surface area contributed by atoms with Crippen molar-refractivity contribution >= 4 is 23.7 Å². The van der Waals surface area contributed by atoms with Crippen LogP contribution in [0.2, 0.25) is 0 Å². The van der Waals surface area contributed by atoms with Gasteiger partial charge < -0.3 is 0 Å². The molecule has 0 aliphatic heterocycles. The fraction of sp³-hybridized carbons (Fsp3) is 0.385. The molecular weight excluding hydrogens is 344 g/mol. The van der Waals surface area contributed by atoms with Crippen LogP contribution in [0.3, 0.4) is 0 Å². The summed E-state index contributed by atoms with van der Waals surface area (Å²) in [6.07, 6.45) is 14.9. The van der Waals surface area contributed by atoms with Crippen LogP contribution in [-0.4, -0.2) is 11.6 Å². The molecule has 1 aromatic rings. The molecule has 0 spiro atoms. The normalized spacial score (nSPS) is 21.9. The zero-order chi connectivity index (χ0) is 20.4. The van der Waals surface area contributed by atoms with Gasteiger partial charge in [0.05, 0.1) is 0 Å². The highest BCUT2D eigenvalue weighted by molar-refractivity contribution is 5.93. The van der Waals surface area contributed by atoms with Crippen molar-refractivity contribution in [1.82, 2.24) is 0 Å². The number of hydrogen-bond donors (Lipinski definition) is 0. The van der Waals surface area contributed by atoms with Crippen LogP contribution in [0.1, 0.15) is 64.5 Å². The van der Waals surface area contributed by atoms with Gasteiger partial charge in [-0.1, -0.05) is 76.3 Å². The van der Waals surface area contributed by atoms with Crippen LogP contribution in [-0.2, 0) is 9.59 Å². The lowest BCUT2D eigenvalue weighted by Crippen LogP contribution is -2.21. The zero-order valence-corrected chi connectivity index (χ0v) is 17.4. The van der Waals surface area contributed by atoms with Crippen molar-refractivity contribution in [2.24, 2.45) is 10.8 Å². The highest BCUT2D eigenvalue weighted by atomic mass is 16.1. The van der Waals surface area contributed by atoms with Crippen LogP contribution >= 0.6 is 0 Å². The number of carbonyl (C=O) groups is 2. The molecule has 0 heterocycles. The van der Waals surface area contributed by atoms with Gasteiger partial charge in [0, 0.05) is 12.8 Å². The number of carbonyl (C=O) groups excluding carboxylic acids is 2. The summed E-state index contributed by atoms with van der Waals surface area (Å²) in [7, 11) is 0. The highest BCUT2D eigenvalue weighted by Gasteiger charge is 2.27. The third-order valence-corrected chi connectivity index (χ3v) is 5.28. The van der Waals surface area contributed by atoms with Crippen molar-refractivity contribution in [1.29, 1.82) is 0 Å². The number of rotatable bonds is 4. The summed E-state index contributed by atoms with van der Waals surface area (Å²) in [4.78, 5) is 23.7. The van der Waals surface area contributed by atoms with Crippen LogP contribution in [0.5, 0.6) is 0 Å². The molecule has 0 aromatic heterocycles. The van der Waals surface area contributed by atoms with Crippen molar-refractivity contribution in [2.45, 2.75) is 53.4 Å². The van der Waals surface area contributed by atoms with Gasteiger partial charge in [-0.15, -0.1) is 0 Å². The van der Waals surface area contributed by atoms with E-state index >= 15 is 0 Å². The number of allylic oxidation sites excluding steroid dienone is 6. The fourth-order valence-electron chi connectivity index (χ4n) is 4.13. The summed E-state index contributed by atoms with van der Waals surface area (Å²) in [5, 5.41) is 0. The first-order valence-corrected chi connectivity index (χ1v) is 10.0. The smallest absolute Gasteiger partial charge is 0.156 e. The van der Waals surface area contributed by atoms with E-state index < -0.39 is 0 Å². The van der Waals surface area contributed by atoms with Crippen molar-refractivity contribution in [3.8, 4) is 0 Å². The van der Waals surface area contributed by atoms with Crippen LogP contribution in [0.4, 0.5) is 0 Å². The largest absolute Gasteiger partial charge is 0.295 e. The van der Waals surface area contributed by atoms with Crippen LogP contribution in [0.15, 0.2) is 59.7 Å². The molecule has 2 aliphatic carbocycles.